The third kappa shape index (κ3) is 4.24. The van der Waals surface area contributed by atoms with Crippen molar-refractivity contribution in [3.05, 3.63) is 35.6 Å². The zero-order valence-electron chi connectivity index (χ0n) is 13.6. The van der Waals surface area contributed by atoms with E-state index in [2.05, 4.69) is 10.6 Å². The minimum atomic E-state index is -0.231. The Morgan fingerprint density at radius 1 is 1.26 bits per heavy atom. The van der Waals surface area contributed by atoms with Gasteiger partial charge in [0.05, 0.1) is 6.04 Å². The van der Waals surface area contributed by atoms with Crippen LogP contribution in [0.5, 0.6) is 0 Å². The van der Waals surface area contributed by atoms with E-state index < -0.39 is 0 Å². The van der Waals surface area contributed by atoms with Crippen molar-refractivity contribution < 1.29 is 9.18 Å². The summed E-state index contributed by atoms with van der Waals surface area (Å²) >= 11 is 0. The lowest BCUT2D eigenvalue weighted by molar-refractivity contribution is -0.127. The second-order valence-electron chi connectivity index (χ2n) is 6.79. The van der Waals surface area contributed by atoms with Gasteiger partial charge >= 0.3 is 0 Å². The molecule has 0 spiro atoms. The molecule has 1 aliphatic carbocycles. The van der Waals surface area contributed by atoms with Crippen LogP contribution in [0.4, 0.5) is 4.39 Å². The van der Waals surface area contributed by atoms with E-state index in [0.29, 0.717) is 11.8 Å². The number of carbonyl (C=O) groups excluding carboxylic acids is 1. The van der Waals surface area contributed by atoms with E-state index in [9.17, 15) is 9.18 Å². The molecule has 2 atom stereocenters. The van der Waals surface area contributed by atoms with E-state index >= 15 is 0 Å². The summed E-state index contributed by atoms with van der Waals surface area (Å²) in [6, 6.07) is 6.64. The van der Waals surface area contributed by atoms with E-state index in [1.54, 1.807) is 12.1 Å². The minimum Gasteiger partial charge on any atom is -0.349 e. The van der Waals surface area contributed by atoms with E-state index in [1.807, 2.05) is 13.0 Å². The molecule has 1 saturated heterocycles. The molecule has 1 aliphatic heterocycles. The van der Waals surface area contributed by atoms with Crippen LogP contribution in [0.2, 0.25) is 0 Å². The molecule has 2 fully saturated rings. The van der Waals surface area contributed by atoms with Crippen LogP contribution in [-0.4, -0.2) is 19.0 Å². The van der Waals surface area contributed by atoms with Gasteiger partial charge in [0.1, 0.15) is 5.82 Å². The van der Waals surface area contributed by atoms with Gasteiger partial charge in [0.15, 0.2) is 0 Å². The highest BCUT2D eigenvalue weighted by atomic mass is 35.5. The van der Waals surface area contributed by atoms with Crippen molar-refractivity contribution in [1.29, 1.82) is 0 Å². The molecule has 2 aliphatic rings. The van der Waals surface area contributed by atoms with E-state index in [4.69, 9.17) is 0 Å². The monoisotopic (exact) mass is 340 g/mol. The fourth-order valence-electron chi connectivity index (χ4n) is 3.63. The molecule has 23 heavy (non-hydrogen) atoms. The first-order valence-corrected chi connectivity index (χ1v) is 8.41. The minimum absolute atomic E-state index is 0. The maximum absolute atomic E-state index is 13.6. The average molecular weight is 341 g/mol. The predicted octanol–water partition coefficient (Wildman–Crippen LogP) is 3.45. The first-order chi connectivity index (χ1) is 10.6. The lowest BCUT2D eigenvalue weighted by Gasteiger charge is -2.34. The smallest absolute Gasteiger partial charge is 0.223 e. The number of nitrogens with one attached hydrogen (secondary N) is 2. The number of benzene rings is 1. The highest BCUT2D eigenvalue weighted by Crippen LogP contribution is 2.36. The van der Waals surface area contributed by atoms with Gasteiger partial charge in [-0.25, -0.2) is 4.39 Å². The van der Waals surface area contributed by atoms with Gasteiger partial charge in [0, 0.05) is 5.92 Å². The zero-order valence-corrected chi connectivity index (χ0v) is 14.4. The molecular formula is C18H26ClFN2O. The number of hydrogen-bond donors (Lipinski definition) is 2. The summed E-state index contributed by atoms with van der Waals surface area (Å²) in [5.74, 6) is 0.742. The zero-order chi connectivity index (χ0) is 15.5. The summed E-state index contributed by atoms with van der Waals surface area (Å²) in [5.41, 5.74) is 0.902. The summed E-state index contributed by atoms with van der Waals surface area (Å²) < 4.78 is 13.6. The van der Waals surface area contributed by atoms with Gasteiger partial charge in [-0.05, 0) is 55.5 Å². The Morgan fingerprint density at radius 3 is 2.52 bits per heavy atom. The molecule has 1 saturated carbocycles. The highest BCUT2D eigenvalue weighted by molar-refractivity contribution is 5.85. The topological polar surface area (TPSA) is 41.1 Å². The van der Waals surface area contributed by atoms with E-state index in [0.717, 1.165) is 31.5 Å². The Labute approximate surface area is 143 Å². The number of hydrogen-bond acceptors (Lipinski definition) is 2. The van der Waals surface area contributed by atoms with Crippen LogP contribution in [0.1, 0.15) is 44.2 Å². The number of halogens is 2. The average Bonchev–Trinajstić information content (AvgIpc) is 2.96. The predicted molar refractivity (Wildman–Crippen MR) is 92.0 cm³/mol. The standard InChI is InChI=1S/C18H25FN2O.ClH/c1-12(15-10-20-11-15)18(22)21-17(13-5-2-3-6-13)14-7-4-8-16(19)9-14;/h4,7-9,12-13,15,17,20H,2-3,5-6,10-11H2,1H3,(H,21,22);1H. The van der Waals surface area contributed by atoms with Crippen LogP contribution in [0.15, 0.2) is 24.3 Å². The van der Waals surface area contributed by atoms with E-state index in [-0.39, 0.29) is 36.1 Å². The van der Waals surface area contributed by atoms with Gasteiger partial charge in [-0.1, -0.05) is 31.9 Å². The SMILES string of the molecule is CC(C(=O)NC(c1cccc(F)c1)C1CCCC1)C1CNC1.Cl. The number of rotatable bonds is 5. The molecule has 0 bridgehead atoms. The third-order valence-electron chi connectivity index (χ3n) is 5.31. The first kappa shape index (κ1) is 18.2. The largest absolute Gasteiger partial charge is 0.349 e. The van der Waals surface area contributed by atoms with Gasteiger partial charge in [-0.2, -0.15) is 0 Å². The second kappa shape index (κ2) is 8.11. The molecule has 128 valence electrons. The molecule has 5 heteroatoms. The van der Waals surface area contributed by atoms with Crippen molar-refractivity contribution in [2.75, 3.05) is 13.1 Å². The molecule has 2 unspecified atom stereocenters. The normalized spacial score (nSPS) is 21.1. The molecule has 1 aromatic rings. The summed E-state index contributed by atoms with van der Waals surface area (Å²) in [4.78, 5) is 12.6. The third-order valence-corrected chi connectivity index (χ3v) is 5.31. The molecule has 3 rings (SSSR count). The van der Waals surface area contributed by atoms with Crippen LogP contribution in [0, 0.1) is 23.6 Å². The Hall–Kier alpha value is -1.13. The Morgan fingerprint density at radius 2 is 1.96 bits per heavy atom. The molecule has 0 aromatic heterocycles. The lowest BCUT2D eigenvalue weighted by Crippen LogP contribution is -2.50. The number of amides is 1. The van der Waals surface area contributed by atoms with Crippen molar-refractivity contribution in [2.24, 2.45) is 17.8 Å². The second-order valence-corrected chi connectivity index (χ2v) is 6.79. The fraction of sp³-hybridized carbons (Fsp3) is 0.611. The number of carbonyl (C=O) groups is 1. The Kier molecular flexibility index (Phi) is 6.42. The Bertz CT molecular complexity index is 530. The van der Waals surface area contributed by atoms with Crippen LogP contribution in [0.25, 0.3) is 0 Å². The summed E-state index contributed by atoms with van der Waals surface area (Å²) in [6.07, 6.45) is 4.63. The van der Waals surface area contributed by atoms with Crippen molar-refractivity contribution in [3.63, 3.8) is 0 Å². The van der Waals surface area contributed by atoms with Crippen LogP contribution in [-0.2, 0) is 4.79 Å². The molecule has 0 radical (unpaired) electrons. The molecule has 2 N–H and O–H groups in total. The summed E-state index contributed by atoms with van der Waals surface area (Å²) in [5, 5.41) is 6.43. The molecule has 1 aromatic carbocycles. The van der Waals surface area contributed by atoms with Gasteiger partial charge in [-0.3, -0.25) is 4.79 Å². The first-order valence-electron chi connectivity index (χ1n) is 8.41. The lowest BCUT2D eigenvalue weighted by atomic mass is 9.86. The van der Waals surface area contributed by atoms with Crippen molar-refractivity contribution in [3.8, 4) is 0 Å². The van der Waals surface area contributed by atoms with E-state index in [1.165, 1.54) is 18.9 Å². The van der Waals surface area contributed by atoms with Gasteiger partial charge < -0.3 is 10.6 Å². The summed E-state index contributed by atoms with van der Waals surface area (Å²) in [7, 11) is 0. The maximum Gasteiger partial charge on any atom is 0.223 e. The Balaban J connectivity index is 0.00000192. The highest BCUT2D eigenvalue weighted by Gasteiger charge is 2.33. The molecule has 1 amide bonds. The summed E-state index contributed by atoms with van der Waals surface area (Å²) in [6.45, 7) is 3.84. The van der Waals surface area contributed by atoms with Crippen molar-refractivity contribution >= 4 is 18.3 Å². The van der Waals surface area contributed by atoms with Gasteiger partial charge in [0.2, 0.25) is 5.91 Å². The fourth-order valence-corrected chi connectivity index (χ4v) is 3.63. The van der Waals surface area contributed by atoms with Crippen LogP contribution >= 0.6 is 12.4 Å². The maximum atomic E-state index is 13.6. The molecule has 1 heterocycles. The van der Waals surface area contributed by atoms with Crippen molar-refractivity contribution in [1.82, 2.24) is 10.6 Å². The molecular weight excluding hydrogens is 315 g/mol. The quantitative estimate of drug-likeness (QED) is 0.862. The van der Waals surface area contributed by atoms with Crippen LogP contribution in [0.3, 0.4) is 0 Å². The van der Waals surface area contributed by atoms with Gasteiger partial charge in [-0.15, -0.1) is 12.4 Å². The van der Waals surface area contributed by atoms with Crippen LogP contribution < -0.4 is 10.6 Å². The molecule has 3 nitrogen and oxygen atoms in total. The van der Waals surface area contributed by atoms with Gasteiger partial charge in [0.25, 0.3) is 0 Å². The van der Waals surface area contributed by atoms with Crippen molar-refractivity contribution in [2.45, 2.75) is 38.6 Å².